The van der Waals surface area contributed by atoms with Gasteiger partial charge in [0.25, 0.3) is 0 Å². The zero-order chi connectivity index (χ0) is 13.6. The quantitative estimate of drug-likeness (QED) is 0.710. The van der Waals surface area contributed by atoms with E-state index in [9.17, 15) is 0 Å². The third kappa shape index (κ3) is 3.32. The standard InChI is InChI=1S/C18H20O2/c1-3-7-15(8-4-1)13-17-18(20-12-11-19-17)14-16-9-5-2-6-10-16/h1-3,5,7,9,11-12H,4,6,8,10,13-14H2. The van der Waals surface area contributed by atoms with Crippen molar-refractivity contribution in [2.75, 3.05) is 0 Å². The highest BCUT2D eigenvalue weighted by atomic mass is 16.5. The first-order valence-corrected chi connectivity index (χ1v) is 7.31. The van der Waals surface area contributed by atoms with Crippen molar-refractivity contribution in [3.63, 3.8) is 0 Å². The first-order chi connectivity index (χ1) is 9.92. The molecule has 2 aliphatic carbocycles. The van der Waals surface area contributed by atoms with E-state index in [2.05, 4.69) is 36.5 Å². The van der Waals surface area contributed by atoms with Crippen LogP contribution in [0.4, 0.5) is 0 Å². The van der Waals surface area contributed by atoms with Crippen molar-refractivity contribution < 1.29 is 9.47 Å². The number of hydrogen-bond acceptors (Lipinski definition) is 2. The van der Waals surface area contributed by atoms with Crippen LogP contribution in [0.2, 0.25) is 0 Å². The molecule has 0 saturated heterocycles. The van der Waals surface area contributed by atoms with Gasteiger partial charge in [-0.3, -0.25) is 0 Å². The third-order valence-electron chi connectivity index (χ3n) is 3.76. The summed E-state index contributed by atoms with van der Waals surface area (Å²) in [5, 5.41) is 0. The first-order valence-electron chi connectivity index (χ1n) is 7.31. The Labute approximate surface area is 120 Å². The lowest BCUT2D eigenvalue weighted by Gasteiger charge is -2.20. The second kappa shape index (κ2) is 6.47. The average Bonchev–Trinajstić information content (AvgIpc) is 2.51. The Morgan fingerprint density at radius 2 is 1.25 bits per heavy atom. The van der Waals surface area contributed by atoms with Crippen molar-refractivity contribution in [2.24, 2.45) is 0 Å². The van der Waals surface area contributed by atoms with E-state index in [-0.39, 0.29) is 0 Å². The molecule has 0 fully saturated rings. The molecule has 0 unspecified atom stereocenters. The highest BCUT2D eigenvalue weighted by molar-refractivity contribution is 5.27. The molecule has 0 spiro atoms. The molecule has 0 aromatic rings. The van der Waals surface area contributed by atoms with Crippen LogP contribution in [0.15, 0.2) is 71.6 Å². The fraction of sp³-hybridized carbons (Fsp3) is 0.333. The molecule has 1 aliphatic heterocycles. The number of allylic oxidation sites excluding steroid dienone is 8. The summed E-state index contributed by atoms with van der Waals surface area (Å²) in [6, 6.07) is 0. The summed E-state index contributed by atoms with van der Waals surface area (Å²) in [7, 11) is 0. The molecule has 20 heavy (non-hydrogen) atoms. The Bertz CT molecular complexity index is 494. The van der Waals surface area contributed by atoms with E-state index in [0.29, 0.717) is 0 Å². The van der Waals surface area contributed by atoms with E-state index < -0.39 is 0 Å². The Balaban J connectivity index is 1.73. The van der Waals surface area contributed by atoms with Gasteiger partial charge in [-0.25, -0.2) is 0 Å². The summed E-state index contributed by atoms with van der Waals surface area (Å²) >= 11 is 0. The molecule has 3 rings (SSSR count). The van der Waals surface area contributed by atoms with Gasteiger partial charge in [0, 0.05) is 12.8 Å². The molecule has 0 atom stereocenters. The maximum absolute atomic E-state index is 5.70. The normalized spacial score (nSPS) is 21.2. The van der Waals surface area contributed by atoms with Gasteiger partial charge in [-0.2, -0.15) is 0 Å². The van der Waals surface area contributed by atoms with Crippen LogP contribution in [0, 0.1) is 0 Å². The summed E-state index contributed by atoms with van der Waals surface area (Å²) in [6.07, 6.45) is 22.5. The van der Waals surface area contributed by atoms with E-state index >= 15 is 0 Å². The van der Waals surface area contributed by atoms with Crippen molar-refractivity contribution in [2.45, 2.75) is 38.5 Å². The van der Waals surface area contributed by atoms with Crippen LogP contribution >= 0.6 is 0 Å². The summed E-state index contributed by atoms with van der Waals surface area (Å²) in [5.41, 5.74) is 2.83. The second-order valence-electron chi connectivity index (χ2n) is 5.29. The fourth-order valence-electron chi connectivity index (χ4n) is 2.64. The minimum absolute atomic E-state index is 0.854. The smallest absolute Gasteiger partial charge is 0.146 e. The molecule has 0 amide bonds. The van der Waals surface area contributed by atoms with Gasteiger partial charge in [0.2, 0.25) is 0 Å². The van der Waals surface area contributed by atoms with Gasteiger partial charge in [-0.15, -0.1) is 0 Å². The van der Waals surface area contributed by atoms with E-state index in [1.807, 2.05) is 0 Å². The molecule has 104 valence electrons. The zero-order valence-corrected chi connectivity index (χ0v) is 11.7. The van der Waals surface area contributed by atoms with Crippen LogP contribution in [0.25, 0.3) is 0 Å². The highest BCUT2D eigenvalue weighted by Gasteiger charge is 2.16. The van der Waals surface area contributed by atoms with Gasteiger partial charge in [0.15, 0.2) is 0 Å². The van der Waals surface area contributed by atoms with E-state index in [0.717, 1.165) is 50.0 Å². The van der Waals surface area contributed by atoms with Crippen LogP contribution in [0.1, 0.15) is 38.5 Å². The lowest BCUT2D eigenvalue weighted by Crippen LogP contribution is -2.04. The lowest BCUT2D eigenvalue weighted by molar-refractivity contribution is 0.215. The van der Waals surface area contributed by atoms with Crippen molar-refractivity contribution in [1.82, 2.24) is 0 Å². The lowest BCUT2D eigenvalue weighted by atomic mass is 9.97. The topological polar surface area (TPSA) is 18.5 Å². The first kappa shape index (κ1) is 13.0. The molecule has 0 aromatic heterocycles. The van der Waals surface area contributed by atoms with Gasteiger partial charge in [-0.05, 0) is 25.7 Å². The van der Waals surface area contributed by atoms with Gasteiger partial charge < -0.3 is 9.47 Å². The van der Waals surface area contributed by atoms with Crippen molar-refractivity contribution in [3.8, 4) is 0 Å². The summed E-state index contributed by atoms with van der Waals surface area (Å²) in [5.74, 6) is 1.93. The molecule has 0 aromatic carbocycles. The van der Waals surface area contributed by atoms with Gasteiger partial charge in [-0.1, -0.05) is 47.6 Å². The monoisotopic (exact) mass is 268 g/mol. The predicted molar refractivity (Wildman–Crippen MR) is 80.5 cm³/mol. The molecule has 2 heteroatoms. The van der Waals surface area contributed by atoms with Crippen LogP contribution in [0.5, 0.6) is 0 Å². The van der Waals surface area contributed by atoms with Crippen LogP contribution in [0.3, 0.4) is 0 Å². The van der Waals surface area contributed by atoms with Crippen LogP contribution in [-0.4, -0.2) is 0 Å². The third-order valence-corrected chi connectivity index (χ3v) is 3.76. The largest absolute Gasteiger partial charge is 0.462 e. The van der Waals surface area contributed by atoms with E-state index in [1.165, 1.54) is 11.1 Å². The molecule has 0 N–H and O–H groups in total. The van der Waals surface area contributed by atoms with Crippen molar-refractivity contribution in [3.05, 3.63) is 71.6 Å². The zero-order valence-electron chi connectivity index (χ0n) is 11.7. The van der Waals surface area contributed by atoms with Crippen LogP contribution < -0.4 is 0 Å². The van der Waals surface area contributed by atoms with Gasteiger partial charge >= 0.3 is 0 Å². The molecule has 0 bridgehead atoms. The molecule has 1 heterocycles. The minimum Gasteiger partial charge on any atom is -0.462 e. The number of hydrogen-bond donors (Lipinski definition) is 0. The van der Waals surface area contributed by atoms with Gasteiger partial charge in [0.1, 0.15) is 24.0 Å². The Kier molecular flexibility index (Phi) is 4.22. The number of rotatable bonds is 4. The summed E-state index contributed by atoms with van der Waals surface area (Å²) in [4.78, 5) is 0. The van der Waals surface area contributed by atoms with Gasteiger partial charge in [0.05, 0.1) is 0 Å². The maximum atomic E-state index is 5.70. The fourth-order valence-corrected chi connectivity index (χ4v) is 2.64. The SMILES string of the molecule is C1=CCCC(CC2=C(CC3=CC=CCC3)OC=CO2)=C1. The Morgan fingerprint density at radius 3 is 1.65 bits per heavy atom. The second-order valence-corrected chi connectivity index (χ2v) is 5.29. The molecule has 2 nitrogen and oxygen atoms in total. The molecular formula is C18H20O2. The van der Waals surface area contributed by atoms with E-state index in [4.69, 9.17) is 9.47 Å². The minimum atomic E-state index is 0.854. The Hall–Kier alpha value is -1.96. The summed E-state index contributed by atoms with van der Waals surface area (Å²) < 4.78 is 11.4. The van der Waals surface area contributed by atoms with Crippen molar-refractivity contribution >= 4 is 0 Å². The van der Waals surface area contributed by atoms with Crippen LogP contribution in [-0.2, 0) is 9.47 Å². The molecular weight excluding hydrogens is 248 g/mol. The molecule has 3 aliphatic rings. The predicted octanol–water partition coefficient (Wildman–Crippen LogP) is 5.05. The number of ether oxygens (including phenoxy) is 2. The molecule has 0 saturated carbocycles. The maximum Gasteiger partial charge on any atom is 0.146 e. The average molecular weight is 268 g/mol. The van der Waals surface area contributed by atoms with E-state index in [1.54, 1.807) is 12.5 Å². The Morgan fingerprint density at radius 1 is 0.750 bits per heavy atom. The summed E-state index contributed by atoms with van der Waals surface area (Å²) in [6.45, 7) is 0. The molecule has 0 radical (unpaired) electrons. The highest BCUT2D eigenvalue weighted by Crippen LogP contribution is 2.30. The van der Waals surface area contributed by atoms with Crippen molar-refractivity contribution in [1.29, 1.82) is 0 Å².